The molecule has 1 aliphatic heterocycles. The van der Waals surface area contributed by atoms with Gasteiger partial charge in [0.2, 0.25) is 10.0 Å². The van der Waals surface area contributed by atoms with Gasteiger partial charge in [0.05, 0.1) is 26.1 Å². The fraction of sp³-hybridized carbons (Fsp3) is 0.700. The van der Waals surface area contributed by atoms with Gasteiger partial charge in [0.25, 0.3) is 0 Å². The number of hydrogen-bond acceptors (Lipinski definition) is 5. The number of methoxy groups -OCH3 is 1. The Kier molecular flexibility index (Phi) is 7.14. The average molecular weight is 397 g/mol. The second kappa shape index (κ2) is 9.37. The summed E-state index contributed by atoms with van der Waals surface area (Å²) in [7, 11) is -1.47. The summed E-state index contributed by atoms with van der Waals surface area (Å²) >= 11 is 0. The van der Waals surface area contributed by atoms with Gasteiger partial charge in [-0.1, -0.05) is 18.2 Å². The van der Waals surface area contributed by atoms with Gasteiger partial charge in [-0.15, -0.1) is 0 Å². The third-order valence-corrected chi connectivity index (χ3v) is 6.44. The molecule has 1 aliphatic carbocycles. The minimum absolute atomic E-state index is 0.0421. The van der Waals surface area contributed by atoms with E-state index >= 15 is 0 Å². The van der Waals surface area contributed by atoms with E-state index in [9.17, 15) is 8.42 Å². The first kappa shape index (κ1) is 20.6. The van der Waals surface area contributed by atoms with Crippen LogP contribution in [-0.2, 0) is 14.8 Å². The molecule has 1 saturated heterocycles. The van der Waals surface area contributed by atoms with Crippen LogP contribution in [0.1, 0.15) is 50.0 Å². The van der Waals surface area contributed by atoms with Gasteiger partial charge in [0.1, 0.15) is 5.75 Å². The lowest BCUT2D eigenvalue weighted by molar-refractivity contribution is 0.00513. The van der Waals surface area contributed by atoms with E-state index in [-0.39, 0.29) is 18.2 Å². The SMILES string of the molecule is COc1ccccc1C1CCC(OC[C@@H]2NCCC[C@@H]2NS(C)(=O)=O)CC1. The molecule has 1 aromatic rings. The van der Waals surface area contributed by atoms with Crippen molar-refractivity contribution in [2.45, 2.75) is 62.6 Å². The predicted molar refractivity (Wildman–Crippen MR) is 107 cm³/mol. The number of nitrogens with one attached hydrogen (secondary N) is 2. The number of hydrogen-bond donors (Lipinski definition) is 2. The zero-order valence-electron chi connectivity index (χ0n) is 16.3. The fourth-order valence-corrected chi connectivity index (χ4v) is 5.16. The highest BCUT2D eigenvalue weighted by Gasteiger charge is 2.30. The summed E-state index contributed by atoms with van der Waals surface area (Å²) in [5.41, 5.74) is 1.30. The Hall–Kier alpha value is -1.15. The molecule has 0 bridgehead atoms. The molecular formula is C20H32N2O4S. The van der Waals surface area contributed by atoms with Crippen molar-refractivity contribution in [2.75, 3.05) is 26.5 Å². The largest absolute Gasteiger partial charge is 0.496 e. The van der Waals surface area contributed by atoms with Crippen molar-refractivity contribution in [3.63, 3.8) is 0 Å². The topological polar surface area (TPSA) is 76.7 Å². The molecule has 6 nitrogen and oxygen atoms in total. The first-order valence-corrected chi connectivity index (χ1v) is 11.8. The molecule has 2 N–H and O–H groups in total. The molecule has 3 rings (SSSR count). The molecule has 152 valence electrons. The highest BCUT2D eigenvalue weighted by Crippen LogP contribution is 2.38. The molecule has 2 aliphatic rings. The van der Waals surface area contributed by atoms with Crippen LogP contribution in [0.2, 0.25) is 0 Å². The van der Waals surface area contributed by atoms with E-state index in [2.05, 4.69) is 22.2 Å². The molecule has 27 heavy (non-hydrogen) atoms. The van der Waals surface area contributed by atoms with Gasteiger partial charge < -0.3 is 14.8 Å². The summed E-state index contributed by atoms with van der Waals surface area (Å²) in [6.45, 7) is 1.47. The maximum Gasteiger partial charge on any atom is 0.209 e. The van der Waals surface area contributed by atoms with Crippen molar-refractivity contribution in [1.29, 1.82) is 0 Å². The Bertz CT molecular complexity index is 702. The smallest absolute Gasteiger partial charge is 0.209 e. The number of para-hydroxylation sites is 1. The maximum absolute atomic E-state index is 11.6. The lowest BCUT2D eigenvalue weighted by Gasteiger charge is -2.35. The van der Waals surface area contributed by atoms with Gasteiger partial charge in [0.15, 0.2) is 0 Å². The van der Waals surface area contributed by atoms with Crippen molar-refractivity contribution in [3.8, 4) is 5.75 Å². The minimum atomic E-state index is -3.20. The molecule has 1 saturated carbocycles. The van der Waals surface area contributed by atoms with Crippen LogP contribution in [0.3, 0.4) is 0 Å². The second-order valence-corrected chi connectivity index (χ2v) is 9.53. The van der Waals surface area contributed by atoms with E-state index in [1.54, 1.807) is 7.11 Å². The Labute approximate surface area is 163 Å². The van der Waals surface area contributed by atoms with Crippen LogP contribution in [0.4, 0.5) is 0 Å². The monoisotopic (exact) mass is 396 g/mol. The van der Waals surface area contributed by atoms with E-state index in [1.165, 1.54) is 11.8 Å². The number of sulfonamides is 1. The van der Waals surface area contributed by atoms with Crippen LogP contribution in [-0.4, -0.2) is 53.1 Å². The molecule has 0 spiro atoms. The standard InChI is InChI=1S/C20H32N2O4S/c1-25-20-8-4-3-6-17(20)15-9-11-16(12-10-15)26-14-19-18(7-5-13-21-19)22-27(2,23)24/h3-4,6,8,15-16,18-19,21-22H,5,7,9-14H2,1-2H3/t15?,16?,18-,19-/m0/s1. The van der Waals surface area contributed by atoms with Crippen LogP contribution < -0.4 is 14.8 Å². The first-order chi connectivity index (χ1) is 13.0. The fourth-order valence-electron chi connectivity index (χ4n) is 4.33. The summed E-state index contributed by atoms with van der Waals surface area (Å²) in [5.74, 6) is 1.50. The van der Waals surface area contributed by atoms with Crippen LogP contribution in [0.25, 0.3) is 0 Å². The summed E-state index contributed by atoms with van der Waals surface area (Å²) in [6.07, 6.45) is 7.54. The van der Waals surface area contributed by atoms with Gasteiger partial charge in [-0.05, 0) is 62.6 Å². The normalized spacial score (nSPS) is 29.4. The molecule has 0 unspecified atom stereocenters. The average Bonchev–Trinajstić information content (AvgIpc) is 2.66. The Morgan fingerprint density at radius 1 is 1.15 bits per heavy atom. The zero-order valence-corrected chi connectivity index (χ0v) is 17.1. The van der Waals surface area contributed by atoms with Crippen molar-refractivity contribution < 1.29 is 17.9 Å². The van der Waals surface area contributed by atoms with Gasteiger partial charge in [-0.2, -0.15) is 0 Å². The Morgan fingerprint density at radius 2 is 1.89 bits per heavy atom. The number of benzene rings is 1. The van der Waals surface area contributed by atoms with Crippen LogP contribution in [0.15, 0.2) is 24.3 Å². The van der Waals surface area contributed by atoms with E-state index in [0.717, 1.165) is 50.8 Å². The van der Waals surface area contributed by atoms with Gasteiger partial charge in [-0.25, -0.2) is 13.1 Å². The zero-order chi connectivity index (χ0) is 19.3. The number of ether oxygens (including phenoxy) is 2. The van der Waals surface area contributed by atoms with Gasteiger partial charge >= 0.3 is 0 Å². The first-order valence-electron chi connectivity index (χ1n) is 9.91. The second-order valence-electron chi connectivity index (χ2n) is 7.75. The molecule has 2 atom stereocenters. The Balaban J connectivity index is 1.49. The van der Waals surface area contributed by atoms with Crippen molar-refractivity contribution >= 4 is 10.0 Å². The number of rotatable bonds is 7. The molecule has 0 radical (unpaired) electrons. The van der Waals surface area contributed by atoms with E-state index in [4.69, 9.17) is 9.47 Å². The summed E-state index contributed by atoms with van der Waals surface area (Å²) in [5, 5.41) is 3.41. The third kappa shape index (κ3) is 5.91. The van der Waals surface area contributed by atoms with E-state index in [1.807, 2.05) is 12.1 Å². The van der Waals surface area contributed by atoms with Crippen LogP contribution in [0, 0.1) is 0 Å². The summed E-state index contributed by atoms with van der Waals surface area (Å²) in [4.78, 5) is 0. The third-order valence-electron chi connectivity index (χ3n) is 5.71. The molecule has 1 aromatic carbocycles. The van der Waals surface area contributed by atoms with Crippen molar-refractivity contribution in [2.24, 2.45) is 0 Å². The molecule has 0 amide bonds. The Morgan fingerprint density at radius 3 is 2.59 bits per heavy atom. The highest BCUT2D eigenvalue weighted by atomic mass is 32.2. The lowest BCUT2D eigenvalue weighted by Crippen LogP contribution is -2.55. The van der Waals surface area contributed by atoms with Crippen molar-refractivity contribution in [1.82, 2.24) is 10.0 Å². The maximum atomic E-state index is 11.6. The quantitative estimate of drug-likeness (QED) is 0.740. The highest BCUT2D eigenvalue weighted by molar-refractivity contribution is 7.88. The molecule has 2 fully saturated rings. The van der Waals surface area contributed by atoms with Crippen LogP contribution in [0.5, 0.6) is 5.75 Å². The summed E-state index contributed by atoms with van der Waals surface area (Å²) in [6, 6.07) is 8.23. The molecular weight excluding hydrogens is 364 g/mol. The predicted octanol–water partition coefficient (Wildman–Crippen LogP) is 2.41. The van der Waals surface area contributed by atoms with Gasteiger partial charge in [0, 0.05) is 12.1 Å². The minimum Gasteiger partial charge on any atom is -0.496 e. The van der Waals surface area contributed by atoms with Crippen molar-refractivity contribution in [3.05, 3.63) is 29.8 Å². The summed E-state index contributed by atoms with van der Waals surface area (Å²) < 4.78 is 37.6. The van der Waals surface area contributed by atoms with E-state index < -0.39 is 10.0 Å². The molecule has 1 heterocycles. The molecule has 7 heteroatoms. The van der Waals surface area contributed by atoms with Crippen LogP contribution >= 0.6 is 0 Å². The molecule has 0 aromatic heterocycles. The lowest BCUT2D eigenvalue weighted by atomic mass is 9.82. The van der Waals surface area contributed by atoms with Gasteiger partial charge in [-0.3, -0.25) is 0 Å². The van der Waals surface area contributed by atoms with E-state index in [0.29, 0.717) is 12.5 Å². The number of piperidine rings is 1.